The molecule has 2 rings (SSSR count). The second-order valence-corrected chi connectivity index (χ2v) is 9.13. The van der Waals surface area contributed by atoms with Gasteiger partial charge in [0.2, 0.25) is 0 Å². The molecule has 20 heavy (non-hydrogen) atoms. The second kappa shape index (κ2) is 6.75. The highest BCUT2D eigenvalue weighted by Gasteiger charge is 2.30. The van der Waals surface area contributed by atoms with E-state index in [2.05, 4.69) is 12.6 Å². The Morgan fingerprint density at radius 3 is 2.25 bits per heavy atom. The van der Waals surface area contributed by atoms with E-state index in [0.717, 1.165) is 16.4 Å². The Morgan fingerprint density at radius 1 is 1.15 bits per heavy atom. The second-order valence-electron chi connectivity index (χ2n) is 5.75. The summed E-state index contributed by atoms with van der Waals surface area (Å²) in [6.07, 6.45) is 7.76. The van der Waals surface area contributed by atoms with Crippen molar-refractivity contribution in [2.45, 2.75) is 41.9 Å². The Labute approximate surface area is 132 Å². The first kappa shape index (κ1) is 16.2. The van der Waals surface area contributed by atoms with Crippen LogP contribution in [0.1, 0.15) is 32.1 Å². The topological polar surface area (TPSA) is 34.1 Å². The third-order valence-corrected chi connectivity index (χ3v) is 7.21. The summed E-state index contributed by atoms with van der Waals surface area (Å²) in [7, 11) is -3.09. The molecule has 5 heteroatoms. The molecule has 0 saturated heterocycles. The highest BCUT2D eigenvalue weighted by Crippen LogP contribution is 2.41. The van der Waals surface area contributed by atoms with Gasteiger partial charge in [-0.1, -0.05) is 19.3 Å². The van der Waals surface area contributed by atoms with E-state index >= 15 is 0 Å². The van der Waals surface area contributed by atoms with Gasteiger partial charge in [0.15, 0.2) is 9.84 Å². The van der Waals surface area contributed by atoms with Crippen molar-refractivity contribution in [3.8, 4) is 0 Å². The summed E-state index contributed by atoms with van der Waals surface area (Å²) in [5.74, 6) is 2.02. The summed E-state index contributed by atoms with van der Waals surface area (Å²) in [6, 6.07) is 7.23. The lowest BCUT2D eigenvalue weighted by Gasteiger charge is -2.35. The van der Waals surface area contributed by atoms with Gasteiger partial charge in [-0.3, -0.25) is 0 Å². The zero-order valence-electron chi connectivity index (χ0n) is 11.8. The molecule has 0 radical (unpaired) electrons. The summed E-state index contributed by atoms with van der Waals surface area (Å²) >= 11 is 6.38. The molecule has 0 amide bonds. The number of sulfone groups is 1. The number of hydrogen-bond donors (Lipinski definition) is 1. The van der Waals surface area contributed by atoms with E-state index in [0.29, 0.717) is 10.3 Å². The van der Waals surface area contributed by atoms with Crippen LogP contribution in [0.15, 0.2) is 34.1 Å². The molecule has 0 aromatic heterocycles. The van der Waals surface area contributed by atoms with E-state index in [1.165, 1.54) is 38.4 Å². The van der Waals surface area contributed by atoms with Crippen molar-refractivity contribution in [3.63, 3.8) is 0 Å². The van der Waals surface area contributed by atoms with Crippen molar-refractivity contribution in [3.05, 3.63) is 24.3 Å². The molecule has 0 unspecified atom stereocenters. The monoisotopic (exact) mass is 330 g/mol. The lowest BCUT2D eigenvalue weighted by Crippen LogP contribution is -2.28. The molecule has 1 aromatic carbocycles. The van der Waals surface area contributed by atoms with Gasteiger partial charge in [-0.25, -0.2) is 8.42 Å². The number of thiol groups is 1. The number of hydrogen-bond acceptors (Lipinski definition) is 4. The Balaban J connectivity index is 2.00. The van der Waals surface area contributed by atoms with Gasteiger partial charge in [-0.2, -0.15) is 12.6 Å². The van der Waals surface area contributed by atoms with Crippen molar-refractivity contribution in [1.29, 1.82) is 0 Å². The first-order chi connectivity index (χ1) is 9.45. The highest BCUT2D eigenvalue weighted by atomic mass is 32.2. The van der Waals surface area contributed by atoms with Crippen molar-refractivity contribution >= 4 is 34.2 Å². The smallest absolute Gasteiger partial charge is 0.175 e. The van der Waals surface area contributed by atoms with E-state index in [9.17, 15) is 8.42 Å². The molecule has 1 fully saturated rings. The molecule has 1 saturated carbocycles. The molecule has 0 N–H and O–H groups in total. The number of benzene rings is 1. The molecule has 112 valence electrons. The molecule has 0 heterocycles. The highest BCUT2D eigenvalue weighted by molar-refractivity contribution is 7.99. The number of thioether (sulfide) groups is 1. The minimum absolute atomic E-state index is 0.363. The summed E-state index contributed by atoms with van der Waals surface area (Å²) in [5.41, 5.74) is 0.363. The van der Waals surface area contributed by atoms with E-state index in [-0.39, 0.29) is 0 Å². The third-order valence-electron chi connectivity index (χ3n) is 4.05. The SMILES string of the molecule is CS(=O)(=O)c1ccc(SCC2(CS)CCCCC2)cc1. The van der Waals surface area contributed by atoms with Crippen LogP contribution in [0.4, 0.5) is 0 Å². The first-order valence-corrected chi connectivity index (χ1v) is 10.5. The maximum absolute atomic E-state index is 11.4. The van der Waals surface area contributed by atoms with Gasteiger partial charge in [0.25, 0.3) is 0 Å². The van der Waals surface area contributed by atoms with Crippen LogP contribution in [-0.4, -0.2) is 26.2 Å². The zero-order valence-corrected chi connectivity index (χ0v) is 14.4. The molecule has 1 aromatic rings. The standard InChI is InChI=1S/C15H22O2S3/c1-20(16,17)14-7-5-13(6-8-14)19-12-15(11-18)9-3-2-4-10-15/h5-8,18H,2-4,9-12H2,1H3. The normalized spacial score (nSPS) is 18.9. The Kier molecular flexibility index (Phi) is 5.49. The van der Waals surface area contributed by atoms with Gasteiger partial charge >= 0.3 is 0 Å². The Morgan fingerprint density at radius 2 is 1.75 bits per heavy atom. The largest absolute Gasteiger partial charge is 0.224 e. The average molecular weight is 331 g/mol. The van der Waals surface area contributed by atoms with E-state index in [1.807, 2.05) is 23.9 Å². The lowest BCUT2D eigenvalue weighted by molar-refractivity contribution is 0.259. The van der Waals surface area contributed by atoms with Crippen molar-refractivity contribution < 1.29 is 8.42 Å². The van der Waals surface area contributed by atoms with Crippen LogP contribution in [0.5, 0.6) is 0 Å². The molecule has 0 aliphatic heterocycles. The molecule has 0 bridgehead atoms. The van der Waals surface area contributed by atoms with E-state index in [4.69, 9.17) is 0 Å². The Hall–Kier alpha value is -0.130. The van der Waals surface area contributed by atoms with Crippen LogP contribution >= 0.6 is 24.4 Å². The van der Waals surface area contributed by atoms with Gasteiger partial charge in [0.1, 0.15) is 0 Å². The molecule has 0 spiro atoms. The average Bonchev–Trinajstić information content (AvgIpc) is 2.46. The summed E-state index contributed by atoms with van der Waals surface area (Å²) in [5, 5.41) is 0. The van der Waals surface area contributed by atoms with E-state index in [1.54, 1.807) is 12.1 Å². The minimum atomic E-state index is -3.09. The molecule has 2 nitrogen and oxygen atoms in total. The van der Waals surface area contributed by atoms with Gasteiger partial charge in [0, 0.05) is 16.9 Å². The fourth-order valence-electron chi connectivity index (χ4n) is 2.67. The predicted octanol–water partition coefficient (Wildman–Crippen LogP) is 4.06. The lowest BCUT2D eigenvalue weighted by atomic mass is 9.77. The van der Waals surface area contributed by atoms with Crippen molar-refractivity contribution in [2.24, 2.45) is 5.41 Å². The quantitative estimate of drug-likeness (QED) is 0.653. The molecule has 0 atom stereocenters. The summed E-state index contributed by atoms with van der Waals surface area (Å²) in [4.78, 5) is 1.53. The molecular formula is C15H22O2S3. The van der Waals surface area contributed by atoms with Crippen LogP contribution < -0.4 is 0 Å². The maximum Gasteiger partial charge on any atom is 0.175 e. The molecule has 1 aliphatic carbocycles. The van der Waals surface area contributed by atoms with Gasteiger partial charge in [-0.15, -0.1) is 11.8 Å². The van der Waals surface area contributed by atoms with Crippen LogP contribution in [0.2, 0.25) is 0 Å². The fourth-order valence-corrected chi connectivity index (χ4v) is 5.07. The van der Waals surface area contributed by atoms with E-state index < -0.39 is 9.84 Å². The van der Waals surface area contributed by atoms with Crippen LogP contribution in [0, 0.1) is 5.41 Å². The van der Waals surface area contributed by atoms with Crippen LogP contribution in [-0.2, 0) is 9.84 Å². The van der Waals surface area contributed by atoms with Crippen molar-refractivity contribution in [2.75, 3.05) is 17.8 Å². The van der Waals surface area contributed by atoms with Gasteiger partial charge < -0.3 is 0 Å². The zero-order chi connectivity index (χ0) is 14.6. The van der Waals surface area contributed by atoms with Crippen LogP contribution in [0.3, 0.4) is 0 Å². The first-order valence-electron chi connectivity index (χ1n) is 6.99. The summed E-state index contributed by atoms with van der Waals surface area (Å²) < 4.78 is 22.9. The summed E-state index contributed by atoms with van der Waals surface area (Å²) in [6.45, 7) is 0. The minimum Gasteiger partial charge on any atom is -0.224 e. The number of rotatable bonds is 5. The van der Waals surface area contributed by atoms with Crippen LogP contribution in [0.25, 0.3) is 0 Å². The maximum atomic E-state index is 11.4. The van der Waals surface area contributed by atoms with Gasteiger partial charge in [-0.05, 0) is 48.3 Å². The molecular weight excluding hydrogens is 308 g/mol. The third kappa shape index (κ3) is 4.18. The molecule has 1 aliphatic rings. The predicted molar refractivity (Wildman–Crippen MR) is 89.6 cm³/mol. The van der Waals surface area contributed by atoms with Crippen molar-refractivity contribution in [1.82, 2.24) is 0 Å². The van der Waals surface area contributed by atoms with Gasteiger partial charge in [0.05, 0.1) is 4.90 Å². The Bertz CT molecular complexity index is 529. The fraction of sp³-hybridized carbons (Fsp3) is 0.600.